The summed E-state index contributed by atoms with van der Waals surface area (Å²) in [5.74, 6) is -0.543. The molecule has 0 aliphatic rings. The second-order valence-electron chi connectivity index (χ2n) is 2.95. The van der Waals surface area contributed by atoms with Crippen molar-refractivity contribution in [3.05, 3.63) is 34.6 Å². The van der Waals surface area contributed by atoms with Crippen molar-refractivity contribution < 1.29 is 9.50 Å². The Kier molecular flexibility index (Phi) is 3.25. The molecule has 0 heterocycles. The highest BCUT2D eigenvalue weighted by atomic mass is 35.5. The van der Waals surface area contributed by atoms with Crippen molar-refractivity contribution in [2.45, 2.75) is 19.1 Å². The minimum Gasteiger partial charge on any atom is -0.387 e. The maximum Gasteiger partial charge on any atom is 0.142 e. The van der Waals surface area contributed by atoms with E-state index in [1.165, 1.54) is 12.1 Å². The van der Waals surface area contributed by atoms with Crippen LogP contribution in [-0.4, -0.2) is 11.1 Å². The Morgan fingerprint density at radius 1 is 1.54 bits per heavy atom. The lowest BCUT2D eigenvalue weighted by Gasteiger charge is -2.16. The van der Waals surface area contributed by atoms with Gasteiger partial charge in [0.05, 0.1) is 11.1 Å². The highest BCUT2D eigenvalue weighted by Crippen LogP contribution is 2.26. The van der Waals surface area contributed by atoms with Crippen LogP contribution in [0.4, 0.5) is 4.39 Å². The number of nitrogens with two attached hydrogens (primary N) is 1. The van der Waals surface area contributed by atoms with E-state index in [1.54, 1.807) is 13.0 Å². The molecule has 0 radical (unpaired) electrons. The number of aliphatic hydroxyl groups is 1. The van der Waals surface area contributed by atoms with Gasteiger partial charge in [0.15, 0.2) is 0 Å². The molecule has 0 saturated heterocycles. The highest BCUT2D eigenvalue weighted by molar-refractivity contribution is 6.31. The molecule has 0 aromatic heterocycles. The van der Waals surface area contributed by atoms with Crippen molar-refractivity contribution in [1.82, 2.24) is 0 Å². The molecular weight excluding hydrogens is 193 g/mol. The summed E-state index contributed by atoms with van der Waals surface area (Å²) in [6.45, 7) is 1.63. The average molecular weight is 204 g/mol. The highest BCUT2D eigenvalue weighted by Gasteiger charge is 2.17. The van der Waals surface area contributed by atoms with E-state index < -0.39 is 18.0 Å². The Morgan fingerprint density at radius 3 is 2.69 bits per heavy atom. The van der Waals surface area contributed by atoms with Gasteiger partial charge in [0.25, 0.3) is 0 Å². The molecule has 72 valence electrons. The normalized spacial score (nSPS) is 15.5. The maximum atomic E-state index is 12.9. The lowest BCUT2D eigenvalue weighted by molar-refractivity contribution is 0.153. The van der Waals surface area contributed by atoms with Gasteiger partial charge in [-0.3, -0.25) is 0 Å². The number of halogens is 2. The maximum absolute atomic E-state index is 12.9. The van der Waals surface area contributed by atoms with Crippen LogP contribution in [0.5, 0.6) is 0 Å². The van der Waals surface area contributed by atoms with E-state index in [2.05, 4.69) is 0 Å². The first-order chi connectivity index (χ1) is 6.04. The van der Waals surface area contributed by atoms with Gasteiger partial charge in [-0.1, -0.05) is 23.7 Å². The van der Waals surface area contributed by atoms with E-state index in [9.17, 15) is 9.50 Å². The Morgan fingerprint density at radius 2 is 2.15 bits per heavy atom. The van der Waals surface area contributed by atoms with Gasteiger partial charge in [-0.05, 0) is 13.0 Å². The molecule has 0 saturated carbocycles. The monoisotopic (exact) mass is 203 g/mol. The second-order valence-corrected chi connectivity index (χ2v) is 3.32. The number of rotatable bonds is 2. The third kappa shape index (κ3) is 2.18. The zero-order chi connectivity index (χ0) is 10.0. The van der Waals surface area contributed by atoms with Crippen LogP contribution in [0.15, 0.2) is 18.2 Å². The largest absolute Gasteiger partial charge is 0.387 e. The van der Waals surface area contributed by atoms with Crippen LogP contribution in [0.1, 0.15) is 18.6 Å². The van der Waals surface area contributed by atoms with E-state index in [4.69, 9.17) is 17.3 Å². The molecule has 2 atom stereocenters. The molecule has 2 nitrogen and oxygen atoms in total. The van der Waals surface area contributed by atoms with Gasteiger partial charge >= 0.3 is 0 Å². The third-order valence-electron chi connectivity index (χ3n) is 1.80. The smallest absolute Gasteiger partial charge is 0.142 e. The first kappa shape index (κ1) is 10.4. The van der Waals surface area contributed by atoms with Crippen LogP contribution in [0, 0.1) is 5.82 Å². The molecule has 0 aliphatic carbocycles. The molecule has 0 fully saturated rings. The third-order valence-corrected chi connectivity index (χ3v) is 2.20. The summed E-state index contributed by atoms with van der Waals surface area (Å²) >= 11 is 5.64. The summed E-state index contributed by atoms with van der Waals surface area (Å²) in [7, 11) is 0. The van der Waals surface area contributed by atoms with Crippen LogP contribution >= 0.6 is 11.6 Å². The van der Waals surface area contributed by atoms with Crippen molar-refractivity contribution in [2.24, 2.45) is 5.73 Å². The number of hydrogen-bond acceptors (Lipinski definition) is 2. The van der Waals surface area contributed by atoms with Gasteiger partial charge < -0.3 is 10.8 Å². The summed E-state index contributed by atoms with van der Waals surface area (Å²) in [4.78, 5) is 0. The Labute approximate surface area is 81.1 Å². The van der Waals surface area contributed by atoms with E-state index in [1.807, 2.05) is 0 Å². The fourth-order valence-electron chi connectivity index (χ4n) is 1.03. The molecule has 3 N–H and O–H groups in total. The standard InChI is InChI=1S/C9H11ClFNO/c1-5(12)9(13)6-3-2-4-7(11)8(6)10/h2-5,9,13H,12H2,1H3/t5-,9-/m0/s1. The summed E-state index contributed by atoms with van der Waals surface area (Å²) in [5.41, 5.74) is 5.79. The van der Waals surface area contributed by atoms with Crippen molar-refractivity contribution in [2.75, 3.05) is 0 Å². The molecular formula is C9H11ClFNO. The molecule has 0 spiro atoms. The lowest BCUT2D eigenvalue weighted by atomic mass is 10.0. The molecule has 4 heteroatoms. The van der Waals surface area contributed by atoms with Crippen LogP contribution in [0.3, 0.4) is 0 Å². The van der Waals surface area contributed by atoms with Crippen LogP contribution in [0.25, 0.3) is 0 Å². The van der Waals surface area contributed by atoms with Crippen LogP contribution < -0.4 is 5.73 Å². The molecule has 1 aromatic rings. The van der Waals surface area contributed by atoms with E-state index >= 15 is 0 Å². The molecule has 0 bridgehead atoms. The lowest BCUT2D eigenvalue weighted by Crippen LogP contribution is -2.24. The molecule has 0 unspecified atom stereocenters. The van der Waals surface area contributed by atoms with Crippen molar-refractivity contribution in [1.29, 1.82) is 0 Å². The second kappa shape index (κ2) is 4.05. The van der Waals surface area contributed by atoms with Gasteiger partial charge in [0, 0.05) is 11.6 Å². The quantitative estimate of drug-likeness (QED) is 0.771. The predicted molar refractivity (Wildman–Crippen MR) is 50.0 cm³/mol. The van der Waals surface area contributed by atoms with Gasteiger partial charge in [-0.15, -0.1) is 0 Å². The summed E-state index contributed by atoms with van der Waals surface area (Å²) in [6, 6.07) is 3.81. The van der Waals surface area contributed by atoms with Gasteiger partial charge in [-0.25, -0.2) is 4.39 Å². The fourth-order valence-corrected chi connectivity index (χ4v) is 1.27. The Bertz CT molecular complexity index is 304. The molecule has 0 amide bonds. The van der Waals surface area contributed by atoms with Gasteiger partial charge in [0.1, 0.15) is 5.82 Å². The first-order valence-corrected chi connectivity index (χ1v) is 4.29. The average Bonchev–Trinajstić information content (AvgIpc) is 2.08. The predicted octanol–water partition coefficient (Wildman–Crippen LogP) is 1.86. The number of benzene rings is 1. The van der Waals surface area contributed by atoms with Gasteiger partial charge in [-0.2, -0.15) is 0 Å². The van der Waals surface area contributed by atoms with Crippen molar-refractivity contribution in [3.8, 4) is 0 Å². The minimum atomic E-state index is -0.928. The van der Waals surface area contributed by atoms with E-state index in [0.29, 0.717) is 5.56 Å². The molecule has 13 heavy (non-hydrogen) atoms. The first-order valence-electron chi connectivity index (χ1n) is 3.91. The zero-order valence-corrected chi connectivity index (χ0v) is 7.92. The van der Waals surface area contributed by atoms with Crippen LogP contribution in [0.2, 0.25) is 5.02 Å². The number of aliphatic hydroxyl groups excluding tert-OH is 1. The molecule has 0 aliphatic heterocycles. The van der Waals surface area contributed by atoms with Crippen molar-refractivity contribution >= 4 is 11.6 Å². The van der Waals surface area contributed by atoms with E-state index in [0.717, 1.165) is 0 Å². The summed E-state index contributed by atoms with van der Waals surface area (Å²) in [6.07, 6.45) is -0.928. The van der Waals surface area contributed by atoms with Gasteiger partial charge in [0.2, 0.25) is 0 Å². The van der Waals surface area contributed by atoms with Crippen molar-refractivity contribution in [3.63, 3.8) is 0 Å². The zero-order valence-electron chi connectivity index (χ0n) is 7.17. The Balaban J connectivity index is 3.07. The molecule has 1 aromatic carbocycles. The van der Waals surface area contributed by atoms with E-state index in [-0.39, 0.29) is 5.02 Å². The Hall–Kier alpha value is -0.640. The minimum absolute atomic E-state index is 0.0627. The topological polar surface area (TPSA) is 46.2 Å². The SMILES string of the molecule is C[C@H](N)[C@H](O)c1cccc(F)c1Cl. The summed E-state index contributed by atoms with van der Waals surface area (Å²) in [5, 5.41) is 9.46. The fraction of sp³-hybridized carbons (Fsp3) is 0.333. The molecule has 1 rings (SSSR count). The number of hydrogen-bond donors (Lipinski definition) is 2. The van der Waals surface area contributed by atoms with Crippen LogP contribution in [-0.2, 0) is 0 Å². The summed E-state index contributed by atoms with van der Waals surface area (Å²) < 4.78 is 12.9.